The van der Waals surface area contributed by atoms with Crippen LogP contribution in [0.15, 0.2) is 18.2 Å². The molecule has 0 aromatic heterocycles. The number of likely N-dealkylation sites (tertiary alicyclic amines) is 1. The molecular weight excluding hydrogens is 298 g/mol. The van der Waals surface area contributed by atoms with Gasteiger partial charge in [-0.1, -0.05) is 0 Å². The number of urea groups is 1. The maximum absolute atomic E-state index is 12.4. The number of rotatable bonds is 5. The molecule has 7 heteroatoms. The summed E-state index contributed by atoms with van der Waals surface area (Å²) >= 11 is 0. The van der Waals surface area contributed by atoms with Crippen LogP contribution < -0.4 is 20.5 Å². The van der Waals surface area contributed by atoms with Crippen molar-refractivity contribution in [2.75, 3.05) is 32.1 Å². The zero-order valence-corrected chi connectivity index (χ0v) is 13.5. The van der Waals surface area contributed by atoms with Gasteiger partial charge in [0.1, 0.15) is 0 Å². The minimum absolute atomic E-state index is 0.123. The maximum atomic E-state index is 12.4. The number of hydrogen-bond acceptors (Lipinski definition) is 4. The van der Waals surface area contributed by atoms with Gasteiger partial charge < -0.3 is 25.4 Å². The van der Waals surface area contributed by atoms with Gasteiger partial charge in [0.05, 0.1) is 19.6 Å². The summed E-state index contributed by atoms with van der Waals surface area (Å²) in [6.45, 7) is 3.39. The Labute approximate surface area is 135 Å². The van der Waals surface area contributed by atoms with E-state index in [4.69, 9.17) is 15.2 Å². The number of nitrogens with two attached hydrogens (primary N) is 1. The number of primary amides is 1. The van der Waals surface area contributed by atoms with Gasteiger partial charge in [-0.3, -0.25) is 4.79 Å². The molecule has 7 nitrogen and oxygen atoms in total. The highest BCUT2D eigenvalue weighted by Crippen LogP contribution is 2.30. The standard InChI is InChI=1S/C16H23N3O4/c1-3-23-13-7-6-12(9-14(13)22-2)18-15(20)11-5-4-8-19(10-11)16(17)21/h6-7,9,11H,3-5,8,10H2,1-2H3,(H2,17,21)(H,18,20)/t11-/m0/s1. The van der Waals surface area contributed by atoms with Crippen LogP contribution >= 0.6 is 0 Å². The van der Waals surface area contributed by atoms with Gasteiger partial charge >= 0.3 is 6.03 Å². The fourth-order valence-electron chi connectivity index (χ4n) is 2.66. The van der Waals surface area contributed by atoms with E-state index in [0.29, 0.717) is 36.9 Å². The highest BCUT2D eigenvalue weighted by molar-refractivity contribution is 5.93. The summed E-state index contributed by atoms with van der Waals surface area (Å²) in [5, 5.41) is 2.86. The van der Waals surface area contributed by atoms with Gasteiger partial charge in [-0.05, 0) is 31.9 Å². The molecule has 0 spiro atoms. The molecule has 1 aliphatic heterocycles. The van der Waals surface area contributed by atoms with E-state index >= 15 is 0 Å². The van der Waals surface area contributed by atoms with E-state index in [-0.39, 0.29) is 11.8 Å². The van der Waals surface area contributed by atoms with Gasteiger partial charge in [-0.2, -0.15) is 0 Å². The molecule has 126 valence electrons. The highest BCUT2D eigenvalue weighted by Gasteiger charge is 2.27. The molecule has 1 saturated heterocycles. The van der Waals surface area contributed by atoms with E-state index in [2.05, 4.69) is 5.32 Å². The molecule has 0 saturated carbocycles. The molecular formula is C16H23N3O4. The Morgan fingerprint density at radius 3 is 2.83 bits per heavy atom. The number of methoxy groups -OCH3 is 1. The van der Waals surface area contributed by atoms with Gasteiger partial charge in [0.15, 0.2) is 11.5 Å². The molecule has 1 aromatic rings. The van der Waals surface area contributed by atoms with Crippen molar-refractivity contribution in [3.8, 4) is 11.5 Å². The third kappa shape index (κ3) is 4.28. The smallest absolute Gasteiger partial charge is 0.314 e. The quantitative estimate of drug-likeness (QED) is 0.865. The normalized spacial score (nSPS) is 17.5. The van der Waals surface area contributed by atoms with Crippen molar-refractivity contribution in [2.45, 2.75) is 19.8 Å². The summed E-state index contributed by atoms with van der Waals surface area (Å²) in [7, 11) is 1.55. The fourth-order valence-corrected chi connectivity index (χ4v) is 2.66. The number of amides is 3. The van der Waals surface area contributed by atoms with Crippen LogP contribution in [0.5, 0.6) is 11.5 Å². The number of carbonyl (C=O) groups excluding carboxylic acids is 2. The molecule has 2 rings (SSSR count). The number of hydrogen-bond donors (Lipinski definition) is 2. The lowest BCUT2D eigenvalue weighted by atomic mass is 9.97. The van der Waals surface area contributed by atoms with Crippen molar-refractivity contribution in [3.05, 3.63) is 18.2 Å². The van der Waals surface area contributed by atoms with E-state index in [1.165, 1.54) is 4.90 Å². The lowest BCUT2D eigenvalue weighted by Gasteiger charge is -2.30. The lowest BCUT2D eigenvalue weighted by Crippen LogP contribution is -2.46. The number of benzene rings is 1. The molecule has 3 N–H and O–H groups in total. The van der Waals surface area contributed by atoms with Crippen molar-refractivity contribution in [3.63, 3.8) is 0 Å². The van der Waals surface area contributed by atoms with Crippen molar-refractivity contribution < 1.29 is 19.1 Å². The minimum atomic E-state index is -0.481. The van der Waals surface area contributed by atoms with Gasteiger partial charge in [-0.15, -0.1) is 0 Å². The SMILES string of the molecule is CCOc1ccc(NC(=O)[C@H]2CCCN(C(N)=O)C2)cc1OC. The number of piperidine rings is 1. The van der Waals surface area contributed by atoms with E-state index in [9.17, 15) is 9.59 Å². The van der Waals surface area contributed by atoms with Crippen molar-refractivity contribution in [2.24, 2.45) is 11.7 Å². The van der Waals surface area contributed by atoms with Gasteiger partial charge in [0, 0.05) is 24.8 Å². The summed E-state index contributed by atoms with van der Waals surface area (Å²) in [5.74, 6) is 0.814. The average Bonchev–Trinajstić information content (AvgIpc) is 2.56. The zero-order valence-electron chi connectivity index (χ0n) is 13.5. The lowest BCUT2D eigenvalue weighted by molar-refractivity contribution is -0.121. The number of carbonyl (C=O) groups is 2. The summed E-state index contributed by atoms with van der Waals surface area (Å²) in [6.07, 6.45) is 1.51. The summed E-state index contributed by atoms with van der Waals surface area (Å²) in [6, 6.07) is 4.76. The van der Waals surface area contributed by atoms with Gasteiger partial charge in [-0.25, -0.2) is 4.79 Å². The third-order valence-corrected chi connectivity index (χ3v) is 3.83. The molecule has 23 heavy (non-hydrogen) atoms. The molecule has 1 fully saturated rings. The van der Waals surface area contributed by atoms with Gasteiger partial charge in [0.25, 0.3) is 0 Å². The molecule has 1 heterocycles. The first-order chi connectivity index (χ1) is 11.0. The first kappa shape index (κ1) is 16.9. The predicted molar refractivity (Wildman–Crippen MR) is 86.7 cm³/mol. The highest BCUT2D eigenvalue weighted by atomic mass is 16.5. The Hall–Kier alpha value is -2.44. The Bertz CT molecular complexity index is 576. The van der Waals surface area contributed by atoms with E-state index < -0.39 is 6.03 Å². The summed E-state index contributed by atoms with van der Waals surface area (Å²) < 4.78 is 10.7. The van der Waals surface area contributed by atoms with E-state index in [1.54, 1.807) is 25.3 Å². The first-order valence-corrected chi connectivity index (χ1v) is 7.71. The molecule has 0 bridgehead atoms. The molecule has 0 aliphatic carbocycles. The third-order valence-electron chi connectivity index (χ3n) is 3.83. The van der Waals surface area contributed by atoms with Crippen LogP contribution in [-0.2, 0) is 4.79 Å². The average molecular weight is 321 g/mol. The van der Waals surface area contributed by atoms with Crippen LogP contribution in [0.4, 0.5) is 10.5 Å². The Balaban J connectivity index is 2.03. The minimum Gasteiger partial charge on any atom is -0.493 e. The van der Waals surface area contributed by atoms with E-state index in [1.807, 2.05) is 6.92 Å². The van der Waals surface area contributed by atoms with Crippen LogP contribution in [0, 0.1) is 5.92 Å². The van der Waals surface area contributed by atoms with Crippen LogP contribution in [0.2, 0.25) is 0 Å². The van der Waals surface area contributed by atoms with Crippen LogP contribution in [0.3, 0.4) is 0 Å². The molecule has 1 atom stereocenters. The second kappa shape index (κ2) is 7.71. The van der Waals surface area contributed by atoms with Crippen molar-refractivity contribution in [1.29, 1.82) is 0 Å². The molecule has 1 aromatic carbocycles. The number of anilines is 1. The topological polar surface area (TPSA) is 93.9 Å². The predicted octanol–water partition coefficient (Wildman–Crippen LogP) is 1.82. The van der Waals surface area contributed by atoms with Crippen LogP contribution in [0.1, 0.15) is 19.8 Å². The molecule has 0 radical (unpaired) electrons. The monoisotopic (exact) mass is 321 g/mol. The Kier molecular flexibility index (Phi) is 5.67. The second-order valence-electron chi connectivity index (χ2n) is 5.41. The summed E-state index contributed by atoms with van der Waals surface area (Å²) in [5.41, 5.74) is 5.92. The van der Waals surface area contributed by atoms with Crippen LogP contribution in [0.25, 0.3) is 0 Å². The van der Waals surface area contributed by atoms with Gasteiger partial charge in [0.2, 0.25) is 5.91 Å². The van der Waals surface area contributed by atoms with Crippen LogP contribution in [-0.4, -0.2) is 43.6 Å². The fraction of sp³-hybridized carbons (Fsp3) is 0.500. The number of nitrogens with zero attached hydrogens (tertiary/aromatic N) is 1. The molecule has 3 amide bonds. The second-order valence-corrected chi connectivity index (χ2v) is 5.41. The Morgan fingerprint density at radius 2 is 2.17 bits per heavy atom. The maximum Gasteiger partial charge on any atom is 0.314 e. The van der Waals surface area contributed by atoms with Crippen molar-refractivity contribution >= 4 is 17.6 Å². The molecule has 1 aliphatic rings. The number of nitrogens with one attached hydrogen (secondary N) is 1. The zero-order chi connectivity index (χ0) is 16.8. The molecule has 0 unspecified atom stereocenters. The first-order valence-electron chi connectivity index (χ1n) is 7.71. The Morgan fingerprint density at radius 1 is 1.39 bits per heavy atom. The van der Waals surface area contributed by atoms with E-state index in [0.717, 1.165) is 12.8 Å². The largest absolute Gasteiger partial charge is 0.493 e. The van der Waals surface area contributed by atoms with Crippen molar-refractivity contribution in [1.82, 2.24) is 4.90 Å². The summed E-state index contributed by atoms with van der Waals surface area (Å²) in [4.78, 5) is 25.1. The number of ether oxygens (including phenoxy) is 2.